The summed E-state index contributed by atoms with van der Waals surface area (Å²) in [5, 5.41) is 0. The van der Waals surface area contributed by atoms with Gasteiger partial charge in [0, 0.05) is 6.04 Å². The van der Waals surface area contributed by atoms with Gasteiger partial charge in [0.05, 0.1) is 6.61 Å². The summed E-state index contributed by atoms with van der Waals surface area (Å²) in [6.07, 6.45) is 0.815. The molecule has 0 saturated carbocycles. The van der Waals surface area contributed by atoms with Gasteiger partial charge < -0.3 is 10.5 Å². The zero-order chi connectivity index (χ0) is 11.3. The van der Waals surface area contributed by atoms with Gasteiger partial charge in [0.15, 0.2) is 0 Å². The molecule has 1 rings (SSSR count). The Hall–Kier alpha value is -1.09. The van der Waals surface area contributed by atoms with Gasteiger partial charge in [-0.3, -0.25) is 0 Å². The average Bonchev–Trinajstić information content (AvgIpc) is 2.20. The van der Waals surface area contributed by atoms with E-state index in [1.807, 2.05) is 0 Å². The lowest BCUT2D eigenvalue weighted by Gasteiger charge is -2.15. The van der Waals surface area contributed by atoms with Crippen LogP contribution in [0.4, 0.5) is 4.39 Å². The first kappa shape index (κ1) is 12.0. The topological polar surface area (TPSA) is 35.2 Å². The number of benzene rings is 1. The highest BCUT2D eigenvalue weighted by molar-refractivity contribution is 5.21. The molecule has 0 heterocycles. The van der Waals surface area contributed by atoms with E-state index in [4.69, 9.17) is 10.5 Å². The zero-order valence-electron chi connectivity index (χ0n) is 9.24. The molecule has 1 unspecified atom stereocenters. The lowest BCUT2D eigenvalue weighted by atomic mass is 10.0. The third-order valence-electron chi connectivity index (χ3n) is 2.39. The molecule has 0 radical (unpaired) electrons. The molecule has 0 saturated heterocycles. The van der Waals surface area contributed by atoms with Gasteiger partial charge in [-0.15, -0.1) is 0 Å². The van der Waals surface area contributed by atoms with Crippen LogP contribution in [-0.2, 0) is 0 Å². The molecule has 2 N–H and O–H groups in total. The molecule has 0 aliphatic carbocycles. The van der Waals surface area contributed by atoms with Crippen molar-refractivity contribution in [3.8, 4) is 5.75 Å². The van der Waals surface area contributed by atoms with E-state index in [1.165, 1.54) is 12.1 Å². The molecule has 3 heteroatoms. The van der Waals surface area contributed by atoms with Crippen molar-refractivity contribution in [2.75, 3.05) is 6.61 Å². The maximum Gasteiger partial charge on any atom is 0.123 e. The van der Waals surface area contributed by atoms with E-state index in [2.05, 4.69) is 13.8 Å². The number of nitrogens with two attached hydrogens (primary N) is 1. The summed E-state index contributed by atoms with van der Waals surface area (Å²) >= 11 is 0. The van der Waals surface area contributed by atoms with Crippen molar-refractivity contribution in [3.63, 3.8) is 0 Å². The van der Waals surface area contributed by atoms with Crippen molar-refractivity contribution in [1.82, 2.24) is 0 Å². The maximum absolute atomic E-state index is 12.6. The van der Waals surface area contributed by atoms with Crippen LogP contribution in [0.25, 0.3) is 0 Å². The highest BCUT2D eigenvalue weighted by atomic mass is 19.1. The Morgan fingerprint density at radius 1 is 1.27 bits per heavy atom. The first-order valence-corrected chi connectivity index (χ1v) is 5.23. The summed E-state index contributed by atoms with van der Waals surface area (Å²) in [7, 11) is 0. The van der Waals surface area contributed by atoms with Crippen molar-refractivity contribution in [3.05, 3.63) is 30.1 Å². The summed E-state index contributed by atoms with van der Waals surface area (Å²) in [4.78, 5) is 0. The minimum Gasteiger partial charge on any atom is -0.494 e. The smallest absolute Gasteiger partial charge is 0.123 e. The molecule has 1 atom stereocenters. The van der Waals surface area contributed by atoms with Crippen LogP contribution in [0, 0.1) is 11.7 Å². The monoisotopic (exact) mass is 211 g/mol. The Balaban J connectivity index is 2.29. The molecule has 0 amide bonds. The zero-order valence-corrected chi connectivity index (χ0v) is 9.24. The molecular formula is C12H18FNO. The van der Waals surface area contributed by atoms with Crippen LogP contribution in [0.15, 0.2) is 24.3 Å². The summed E-state index contributed by atoms with van der Waals surface area (Å²) in [6.45, 7) is 4.75. The summed E-state index contributed by atoms with van der Waals surface area (Å²) in [5.74, 6) is 0.899. The van der Waals surface area contributed by atoms with Gasteiger partial charge in [0.1, 0.15) is 11.6 Å². The second-order valence-corrected chi connectivity index (χ2v) is 4.00. The summed E-state index contributed by atoms with van der Waals surface area (Å²) in [5.41, 5.74) is 5.86. The first-order chi connectivity index (χ1) is 7.09. The van der Waals surface area contributed by atoms with Gasteiger partial charge in [0.25, 0.3) is 0 Å². The Labute approximate surface area is 90.2 Å². The molecule has 0 fully saturated rings. The van der Waals surface area contributed by atoms with Crippen LogP contribution < -0.4 is 10.5 Å². The predicted molar refractivity (Wildman–Crippen MR) is 59.3 cm³/mol. The molecule has 1 aromatic carbocycles. The molecular weight excluding hydrogens is 193 g/mol. The molecule has 0 aromatic heterocycles. The summed E-state index contributed by atoms with van der Waals surface area (Å²) in [6, 6.07) is 6.17. The minimum atomic E-state index is -0.249. The lowest BCUT2D eigenvalue weighted by Crippen LogP contribution is -2.28. The number of halogens is 1. The molecule has 0 aliphatic rings. The standard InChI is InChI=1S/C12H18FNO/c1-9(2)12(14)7-8-15-11-5-3-10(13)4-6-11/h3-6,9,12H,7-8,14H2,1-2H3. The van der Waals surface area contributed by atoms with E-state index in [-0.39, 0.29) is 11.9 Å². The minimum absolute atomic E-state index is 0.158. The van der Waals surface area contributed by atoms with Gasteiger partial charge in [-0.1, -0.05) is 13.8 Å². The molecule has 0 aliphatic heterocycles. The molecule has 0 spiro atoms. The number of hydrogen-bond donors (Lipinski definition) is 1. The fourth-order valence-electron chi connectivity index (χ4n) is 1.18. The lowest BCUT2D eigenvalue weighted by molar-refractivity contribution is 0.282. The van der Waals surface area contributed by atoms with Gasteiger partial charge in [-0.2, -0.15) is 0 Å². The van der Waals surface area contributed by atoms with Crippen LogP contribution in [0.5, 0.6) is 5.75 Å². The fourth-order valence-corrected chi connectivity index (χ4v) is 1.18. The van der Waals surface area contributed by atoms with Crippen molar-refractivity contribution < 1.29 is 9.13 Å². The third kappa shape index (κ3) is 4.30. The fraction of sp³-hybridized carbons (Fsp3) is 0.500. The Bertz CT molecular complexity index is 284. The Morgan fingerprint density at radius 3 is 2.40 bits per heavy atom. The first-order valence-electron chi connectivity index (χ1n) is 5.23. The highest BCUT2D eigenvalue weighted by Gasteiger charge is 2.07. The normalized spacial score (nSPS) is 12.9. The van der Waals surface area contributed by atoms with E-state index in [1.54, 1.807) is 12.1 Å². The van der Waals surface area contributed by atoms with Gasteiger partial charge in [-0.25, -0.2) is 4.39 Å². The van der Waals surface area contributed by atoms with Gasteiger partial charge >= 0.3 is 0 Å². The van der Waals surface area contributed by atoms with Crippen molar-refractivity contribution in [1.29, 1.82) is 0 Å². The average molecular weight is 211 g/mol. The van der Waals surface area contributed by atoms with E-state index >= 15 is 0 Å². The van der Waals surface area contributed by atoms with Gasteiger partial charge in [0.2, 0.25) is 0 Å². The van der Waals surface area contributed by atoms with Crippen LogP contribution in [0.2, 0.25) is 0 Å². The van der Waals surface area contributed by atoms with Crippen LogP contribution >= 0.6 is 0 Å². The molecule has 15 heavy (non-hydrogen) atoms. The van der Waals surface area contributed by atoms with Gasteiger partial charge in [-0.05, 0) is 36.6 Å². The van der Waals surface area contributed by atoms with E-state index < -0.39 is 0 Å². The molecule has 84 valence electrons. The third-order valence-corrected chi connectivity index (χ3v) is 2.39. The second-order valence-electron chi connectivity index (χ2n) is 4.00. The number of rotatable bonds is 5. The van der Waals surface area contributed by atoms with Crippen LogP contribution in [0.3, 0.4) is 0 Å². The van der Waals surface area contributed by atoms with E-state index in [9.17, 15) is 4.39 Å². The predicted octanol–water partition coefficient (Wildman–Crippen LogP) is 2.58. The SMILES string of the molecule is CC(C)C(N)CCOc1ccc(F)cc1. The van der Waals surface area contributed by atoms with Crippen molar-refractivity contribution >= 4 is 0 Å². The number of ether oxygens (including phenoxy) is 1. The van der Waals surface area contributed by atoms with Crippen molar-refractivity contribution in [2.24, 2.45) is 11.7 Å². The molecule has 2 nitrogen and oxygen atoms in total. The van der Waals surface area contributed by atoms with E-state index in [0.29, 0.717) is 18.3 Å². The Morgan fingerprint density at radius 2 is 1.87 bits per heavy atom. The van der Waals surface area contributed by atoms with E-state index in [0.717, 1.165) is 6.42 Å². The van der Waals surface area contributed by atoms with Crippen LogP contribution in [-0.4, -0.2) is 12.6 Å². The molecule has 0 bridgehead atoms. The highest BCUT2D eigenvalue weighted by Crippen LogP contribution is 2.12. The van der Waals surface area contributed by atoms with Crippen molar-refractivity contribution in [2.45, 2.75) is 26.3 Å². The van der Waals surface area contributed by atoms with Crippen LogP contribution in [0.1, 0.15) is 20.3 Å². The molecule has 1 aromatic rings. The maximum atomic E-state index is 12.6. The number of hydrogen-bond acceptors (Lipinski definition) is 2. The quantitative estimate of drug-likeness (QED) is 0.812. The summed E-state index contributed by atoms with van der Waals surface area (Å²) < 4.78 is 18.0. The Kier molecular flexibility index (Phi) is 4.56. The second kappa shape index (κ2) is 5.71. The largest absolute Gasteiger partial charge is 0.494 e.